The highest BCUT2D eigenvalue weighted by molar-refractivity contribution is 5.24. The topological polar surface area (TPSA) is 22.4 Å². The van der Waals surface area contributed by atoms with E-state index in [0.29, 0.717) is 6.10 Å². The van der Waals surface area contributed by atoms with Crippen LogP contribution in [0.2, 0.25) is 0 Å². The van der Waals surface area contributed by atoms with E-state index in [4.69, 9.17) is 9.15 Å². The number of aryl methyl sites for hydroxylation is 2. The monoisotopic (exact) mass is 264 g/mol. The first-order chi connectivity index (χ1) is 8.98. The highest BCUT2D eigenvalue weighted by atomic mass is 16.5. The molecule has 1 atom stereocenters. The molecule has 1 heterocycles. The van der Waals surface area contributed by atoms with E-state index in [1.807, 2.05) is 0 Å². The molecule has 1 aromatic rings. The largest absolute Gasteiger partial charge is 0.466 e. The van der Waals surface area contributed by atoms with Crippen molar-refractivity contribution in [3.8, 4) is 0 Å². The summed E-state index contributed by atoms with van der Waals surface area (Å²) in [6.07, 6.45) is 8.27. The van der Waals surface area contributed by atoms with Gasteiger partial charge in [-0.05, 0) is 51.7 Å². The van der Waals surface area contributed by atoms with Gasteiger partial charge in [-0.25, -0.2) is 0 Å². The van der Waals surface area contributed by atoms with E-state index < -0.39 is 0 Å². The molecule has 0 spiro atoms. The zero-order chi connectivity index (χ0) is 13.9. The van der Waals surface area contributed by atoms with Crippen LogP contribution < -0.4 is 0 Å². The zero-order valence-electron chi connectivity index (χ0n) is 12.9. The van der Waals surface area contributed by atoms with Crippen LogP contribution in [0.3, 0.4) is 0 Å². The maximum absolute atomic E-state index is 6.16. The number of unbranched alkanes of at least 4 members (excludes halogenated alkanes) is 1. The van der Waals surface area contributed by atoms with Gasteiger partial charge in [-0.1, -0.05) is 13.3 Å². The van der Waals surface area contributed by atoms with Crippen LogP contribution in [0.5, 0.6) is 0 Å². The quantitative estimate of drug-likeness (QED) is 0.736. The Morgan fingerprint density at radius 3 is 2.84 bits per heavy atom. The van der Waals surface area contributed by atoms with Gasteiger partial charge in [0.15, 0.2) is 0 Å². The van der Waals surface area contributed by atoms with Gasteiger partial charge < -0.3 is 9.15 Å². The summed E-state index contributed by atoms with van der Waals surface area (Å²) in [5, 5.41) is 0. The number of fused-ring (bicyclic) bond motifs is 1. The van der Waals surface area contributed by atoms with Crippen LogP contribution >= 0.6 is 0 Å². The van der Waals surface area contributed by atoms with Crippen molar-refractivity contribution in [1.29, 1.82) is 0 Å². The lowest BCUT2D eigenvalue weighted by Crippen LogP contribution is -2.28. The van der Waals surface area contributed by atoms with Gasteiger partial charge in [-0.15, -0.1) is 0 Å². The molecule has 0 unspecified atom stereocenters. The first kappa shape index (κ1) is 14.6. The average molecular weight is 264 g/mol. The number of hydrogen-bond acceptors (Lipinski definition) is 2. The van der Waals surface area contributed by atoms with Crippen molar-refractivity contribution in [2.45, 2.75) is 84.3 Å². The third kappa shape index (κ3) is 4.38. The van der Waals surface area contributed by atoms with E-state index in [2.05, 4.69) is 33.8 Å². The van der Waals surface area contributed by atoms with Gasteiger partial charge in [0, 0.05) is 19.3 Å². The van der Waals surface area contributed by atoms with E-state index in [1.54, 1.807) is 0 Å². The molecule has 0 saturated heterocycles. The lowest BCUT2D eigenvalue weighted by Gasteiger charge is -2.26. The van der Waals surface area contributed by atoms with Crippen molar-refractivity contribution in [2.75, 3.05) is 0 Å². The van der Waals surface area contributed by atoms with Gasteiger partial charge >= 0.3 is 0 Å². The van der Waals surface area contributed by atoms with Gasteiger partial charge in [0.25, 0.3) is 0 Å². The van der Waals surface area contributed by atoms with Crippen molar-refractivity contribution < 1.29 is 9.15 Å². The van der Waals surface area contributed by atoms with Crippen molar-refractivity contribution in [2.24, 2.45) is 0 Å². The molecule has 0 fully saturated rings. The van der Waals surface area contributed by atoms with Crippen molar-refractivity contribution in [3.05, 3.63) is 23.2 Å². The summed E-state index contributed by atoms with van der Waals surface area (Å²) in [7, 11) is 0. The zero-order valence-corrected chi connectivity index (χ0v) is 12.9. The third-order valence-electron chi connectivity index (χ3n) is 3.62. The molecule has 19 heavy (non-hydrogen) atoms. The highest BCUT2D eigenvalue weighted by Gasteiger charge is 2.24. The summed E-state index contributed by atoms with van der Waals surface area (Å²) >= 11 is 0. The number of furan rings is 1. The van der Waals surface area contributed by atoms with Gasteiger partial charge in [0.05, 0.1) is 11.7 Å². The molecule has 0 saturated carbocycles. The molecule has 0 bridgehead atoms. The molecule has 0 amide bonds. The molecule has 0 radical (unpaired) electrons. The van der Waals surface area contributed by atoms with Crippen LogP contribution in [0.1, 0.15) is 70.5 Å². The molecule has 1 aliphatic rings. The number of hydrogen-bond donors (Lipinski definition) is 0. The average Bonchev–Trinajstić information content (AvgIpc) is 2.58. The number of ether oxygens (including phenoxy) is 1. The van der Waals surface area contributed by atoms with E-state index >= 15 is 0 Å². The van der Waals surface area contributed by atoms with Crippen molar-refractivity contribution in [1.82, 2.24) is 0 Å². The molecule has 2 rings (SSSR count). The second-order valence-corrected chi connectivity index (χ2v) is 6.71. The summed E-state index contributed by atoms with van der Waals surface area (Å²) in [4.78, 5) is 0. The van der Waals surface area contributed by atoms with E-state index in [-0.39, 0.29) is 5.60 Å². The van der Waals surface area contributed by atoms with Crippen LogP contribution in [0.4, 0.5) is 0 Å². The molecule has 1 aliphatic carbocycles. The lowest BCUT2D eigenvalue weighted by molar-refractivity contribution is -0.0620. The molecule has 2 nitrogen and oxygen atoms in total. The van der Waals surface area contributed by atoms with Gasteiger partial charge in [-0.2, -0.15) is 0 Å². The van der Waals surface area contributed by atoms with Crippen LogP contribution in [0, 0.1) is 0 Å². The minimum atomic E-state index is -0.0516. The number of rotatable bonds is 4. The Bertz CT molecular complexity index is 398. The maximum atomic E-state index is 6.16. The third-order valence-corrected chi connectivity index (χ3v) is 3.62. The van der Waals surface area contributed by atoms with E-state index in [0.717, 1.165) is 25.7 Å². The van der Waals surface area contributed by atoms with Crippen LogP contribution in [-0.4, -0.2) is 11.7 Å². The highest BCUT2D eigenvalue weighted by Crippen LogP contribution is 2.28. The van der Waals surface area contributed by atoms with E-state index in [1.165, 1.54) is 36.3 Å². The standard InChI is InChI=1S/C17H28O2/c1-5-6-8-14-11-13-12-15(19-17(2,3)4)9-7-10-16(13)18-14/h11,15H,5-10,12H2,1-4H3/t15-/m0/s1. The summed E-state index contributed by atoms with van der Waals surface area (Å²) in [5.41, 5.74) is 1.34. The molecule has 0 aromatic carbocycles. The molecular weight excluding hydrogens is 236 g/mol. The second kappa shape index (κ2) is 6.13. The first-order valence-electron chi connectivity index (χ1n) is 7.76. The van der Waals surface area contributed by atoms with Gasteiger partial charge in [-0.3, -0.25) is 0 Å². The Kier molecular flexibility index (Phi) is 4.72. The smallest absolute Gasteiger partial charge is 0.107 e. The molecule has 2 heteroatoms. The summed E-state index contributed by atoms with van der Waals surface area (Å²) in [6.45, 7) is 8.64. The minimum absolute atomic E-state index is 0.0516. The molecule has 0 N–H and O–H groups in total. The predicted molar refractivity (Wildman–Crippen MR) is 78.6 cm³/mol. The van der Waals surface area contributed by atoms with Crippen LogP contribution in [0.25, 0.3) is 0 Å². The van der Waals surface area contributed by atoms with Gasteiger partial charge in [0.1, 0.15) is 11.5 Å². The SMILES string of the molecule is CCCCc1cc2c(o1)CCC[C@H](OC(C)(C)C)C2. The Balaban J connectivity index is 2.04. The summed E-state index contributed by atoms with van der Waals surface area (Å²) in [5.74, 6) is 2.38. The van der Waals surface area contributed by atoms with Crippen LogP contribution in [0.15, 0.2) is 10.5 Å². The Labute approximate surface area is 117 Å². The predicted octanol–water partition coefficient (Wildman–Crippen LogP) is 4.68. The fourth-order valence-electron chi connectivity index (χ4n) is 2.82. The Hall–Kier alpha value is -0.760. The Morgan fingerprint density at radius 2 is 2.16 bits per heavy atom. The molecule has 1 aromatic heterocycles. The fourth-order valence-corrected chi connectivity index (χ4v) is 2.82. The lowest BCUT2D eigenvalue weighted by atomic mass is 10.1. The second-order valence-electron chi connectivity index (χ2n) is 6.71. The normalized spacial score (nSPS) is 20.1. The van der Waals surface area contributed by atoms with Gasteiger partial charge in [0.2, 0.25) is 0 Å². The Morgan fingerprint density at radius 1 is 1.37 bits per heavy atom. The molecule has 108 valence electrons. The fraction of sp³-hybridized carbons (Fsp3) is 0.765. The van der Waals surface area contributed by atoms with Crippen molar-refractivity contribution >= 4 is 0 Å². The van der Waals surface area contributed by atoms with Crippen molar-refractivity contribution in [3.63, 3.8) is 0 Å². The van der Waals surface area contributed by atoms with Crippen LogP contribution in [-0.2, 0) is 24.0 Å². The van der Waals surface area contributed by atoms with E-state index in [9.17, 15) is 0 Å². The first-order valence-corrected chi connectivity index (χ1v) is 7.76. The maximum Gasteiger partial charge on any atom is 0.107 e. The summed E-state index contributed by atoms with van der Waals surface area (Å²) in [6, 6.07) is 2.27. The minimum Gasteiger partial charge on any atom is -0.466 e. The molecular formula is C17H28O2. The molecule has 0 aliphatic heterocycles. The summed E-state index contributed by atoms with van der Waals surface area (Å²) < 4.78 is 12.2.